The Bertz CT molecular complexity index is 1050. The second kappa shape index (κ2) is 9.19. The molecule has 3 aliphatic rings. The van der Waals surface area contributed by atoms with Gasteiger partial charge in [-0.25, -0.2) is 8.42 Å². The number of nitrogens with one attached hydrogen (secondary N) is 1. The fraction of sp³-hybridized carbons (Fsp3) is 0.667. The number of amides is 2. The van der Waals surface area contributed by atoms with Crippen LogP contribution in [0, 0.1) is 18.3 Å². The Labute approximate surface area is 201 Å². The third kappa shape index (κ3) is 5.89. The van der Waals surface area contributed by atoms with Gasteiger partial charge in [0.05, 0.1) is 5.75 Å². The SMILES string of the molecule is Cc1c(CN2CCN(C(=O)C3CC4(CC4)C3)C(C)C2)cc(Cl)cc1NC(=O)CCS(C)(=O)=O. The lowest BCUT2D eigenvalue weighted by Crippen LogP contribution is -2.56. The summed E-state index contributed by atoms with van der Waals surface area (Å²) in [6, 6.07) is 3.77. The monoisotopic (exact) mass is 495 g/mol. The maximum absolute atomic E-state index is 12.9. The Kier molecular flexibility index (Phi) is 6.82. The maximum Gasteiger partial charge on any atom is 0.226 e. The van der Waals surface area contributed by atoms with Gasteiger partial charge in [0.2, 0.25) is 11.8 Å². The highest BCUT2D eigenvalue weighted by molar-refractivity contribution is 7.90. The highest BCUT2D eigenvalue weighted by Gasteiger charge is 2.55. The van der Waals surface area contributed by atoms with E-state index in [0.29, 0.717) is 28.6 Å². The molecule has 4 rings (SSSR count). The molecule has 1 atom stereocenters. The van der Waals surface area contributed by atoms with Crippen LogP contribution >= 0.6 is 11.6 Å². The zero-order valence-corrected chi connectivity index (χ0v) is 21.3. The van der Waals surface area contributed by atoms with E-state index in [-0.39, 0.29) is 30.0 Å². The summed E-state index contributed by atoms with van der Waals surface area (Å²) in [5.74, 6) is 0.0262. The van der Waals surface area contributed by atoms with E-state index in [9.17, 15) is 18.0 Å². The van der Waals surface area contributed by atoms with E-state index in [1.807, 2.05) is 13.0 Å². The van der Waals surface area contributed by atoms with Gasteiger partial charge in [0, 0.05) is 61.5 Å². The molecule has 0 radical (unpaired) electrons. The molecule has 33 heavy (non-hydrogen) atoms. The number of carbonyl (C=O) groups is 2. The molecule has 1 aromatic rings. The molecule has 2 amide bonds. The predicted octanol–water partition coefficient (Wildman–Crippen LogP) is 3.24. The largest absolute Gasteiger partial charge is 0.337 e. The van der Waals surface area contributed by atoms with Gasteiger partial charge in [0.15, 0.2) is 0 Å². The van der Waals surface area contributed by atoms with Crippen molar-refractivity contribution < 1.29 is 18.0 Å². The highest BCUT2D eigenvalue weighted by Crippen LogP contribution is 2.63. The summed E-state index contributed by atoms with van der Waals surface area (Å²) in [6.45, 7) is 7.07. The third-order valence-electron chi connectivity index (χ3n) is 7.51. The molecule has 7 nitrogen and oxygen atoms in total. The Morgan fingerprint density at radius 2 is 1.91 bits per heavy atom. The number of piperazine rings is 1. The summed E-state index contributed by atoms with van der Waals surface area (Å²) >= 11 is 6.33. The molecule has 182 valence electrons. The summed E-state index contributed by atoms with van der Waals surface area (Å²) < 4.78 is 22.7. The van der Waals surface area contributed by atoms with Crippen LogP contribution in [0.2, 0.25) is 5.02 Å². The lowest BCUT2D eigenvalue weighted by atomic mass is 9.71. The van der Waals surface area contributed by atoms with Crippen LogP contribution in [-0.4, -0.2) is 67.7 Å². The lowest BCUT2D eigenvalue weighted by Gasteiger charge is -2.44. The molecule has 1 heterocycles. The van der Waals surface area contributed by atoms with Gasteiger partial charge in [-0.3, -0.25) is 14.5 Å². The van der Waals surface area contributed by atoms with Crippen molar-refractivity contribution in [1.82, 2.24) is 9.80 Å². The minimum absolute atomic E-state index is 0.0876. The Balaban J connectivity index is 1.35. The zero-order valence-electron chi connectivity index (χ0n) is 19.7. The van der Waals surface area contributed by atoms with E-state index in [1.54, 1.807) is 6.07 Å². The Hall–Kier alpha value is -1.64. The predicted molar refractivity (Wildman–Crippen MR) is 130 cm³/mol. The van der Waals surface area contributed by atoms with Crippen molar-refractivity contribution >= 4 is 38.9 Å². The number of hydrogen-bond acceptors (Lipinski definition) is 5. The number of benzene rings is 1. The van der Waals surface area contributed by atoms with Crippen LogP contribution < -0.4 is 5.32 Å². The van der Waals surface area contributed by atoms with Gasteiger partial charge in [-0.05, 0) is 68.2 Å². The number of anilines is 1. The Morgan fingerprint density at radius 3 is 2.52 bits per heavy atom. The van der Waals surface area contributed by atoms with Gasteiger partial charge in [-0.1, -0.05) is 11.6 Å². The van der Waals surface area contributed by atoms with E-state index >= 15 is 0 Å². The lowest BCUT2D eigenvalue weighted by molar-refractivity contribution is -0.145. The van der Waals surface area contributed by atoms with Crippen LogP contribution in [0.1, 0.15) is 50.2 Å². The normalized spacial score (nSPS) is 22.8. The standard InChI is InChI=1S/C24H34ClN3O4S/c1-16-14-27(7-8-28(16)23(30)19-12-24(13-19)5-6-24)15-18-10-20(25)11-21(17(18)2)26-22(29)4-9-33(3,31)32/h10-11,16,19H,4-9,12-15H2,1-3H3,(H,26,29). The minimum Gasteiger partial charge on any atom is -0.337 e. The second-order valence-electron chi connectivity index (χ2n) is 10.4. The minimum atomic E-state index is -3.20. The van der Waals surface area contributed by atoms with Crippen molar-refractivity contribution in [2.75, 3.05) is 37.0 Å². The first-order chi connectivity index (χ1) is 15.4. The number of sulfone groups is 1. The van der Waals surface area contributed by atoms with Gasteiger partial charge in [0.1, 0.15) is 9.84 Å². The Morgan fingerprint density at radius 1 is 1.21 bits per heavy atom. The molecular weight excluding hydrogens is 462 g/mol. The fourth-order valence-corrected chi connectivity index (χ4v) is 6.04. The third-order valence-corrected chi connectivity index (χ3v) is 8.67. The van der Waals surface area contributed by atoms with Gasteiger partial charge >= 0.3 is 0 Å². The van der Waals surface area contributed by atoms with E-state index in [1.165, 1.54) is 12.8 Å². The summed E-state index contributed by atoms with van der Waals surface area (Å²) in [6.07, 6.45) is 5.81. The van der Waals surface area contributed by atoms with E-state index < -0.39 is 9.84 Å². The summed E-state index contributed by atoms with van der Waals surface area (Å²) in [5, 5.41) is 3.33. The van der Waals surface area contributed by atoms with Crippen LogP contribution in [0.4, 0.5) is 5.69 Å². The van der Waals surface area contributed by atoms with Crippen molar-refractivity contribution in [1.29, 1.82) is 0 Å². The topological polar surface area (TPSA) is 86.8 Å². The zero-order chi connectivity index (χ0) is 24.0. The average Bonchev–Trinajstić information content (AvgIpc) is 3.49. The summed E-state index contributed by atoms with van der Waals surface area (Å²) in [4.78, 5) is 29.6. The second-order valence-corrected chi connectivity index (χ2v) is 13.1. The van der Waals surface area contributed by atoms with Crippen molar-refractivity contribution in [2.24, 2.45) is 11.3 Å². The molecule has 1 N–H and O–H groups in total. The van der Waals surface area contributed by atoms with Crippen LogP contribution in [0.15, 0.2) is 12.1 Å². The molecule has 2 saturated carbocycles. The highest BCUT2D eigenvalue weighted by atomic mass is 35.5. The molecule has 1 unspecified atom stereocenters. The van der Waals surface area contributed by atoms with Crippen molar-refractivity contribution in [3.05, 3.63) is 28.3 Å². The van der Waals surface area contributed by atoms with Crippen molar-refractivity contribution in [3.63, 3.8) is 0 Å². The quantitative estimate of drug-likeness (QED) is 0.627. The maximum atomic E-state index is 12.9. The fourth-order valence-electron chi connectivity index (χ4n) is 5.25. The molecule has 0 aromatic heterocycles. The van der Waals surface area contributed by atoms with E-state index in [4.69, 9.17) is 11.6 Å². The van der Waals surface area contributed by atoms with Crippen LogP contribution in [0.3, 0.4) is 0 Å². The molecule has 1 aliphatic heterocycles. The summed E-state index contributed by atoms with van der Waals surface area (Å²) in [5.41, 5.74) is 3.08. The number of hydrogen-bond donors (Lipinski definition) is 1. The smallest absolute Gasteiger partial charge is 0.226 e. The first-order valence-electron chi connectivity index (χ1n) is 11.7. The molecule has 1 spiro atoms. The molecule has 2 aliphatic carbocycles. The van der Waals surface area contributed by atoms with Gasteiger partial charge < -0.3 is 10.2 Å². The molecular formula is C24H34ClN3O4S. The van der Waals surface area contributed by atoms with Gasteiger partial charge in [-0.2, -0.15) is 0 Å². The van der Waals surface area contributed by atoms with Crippen LogP contribution in [0.25, 0.3) is 0 Å². The van der Waals surface area contributed by atoms with Crippen molar-refractivity contribution in [3.8, 4) is 0 Å². The van der Waals surface area contributed by atoms with Gasteiger partial charge in [-0.15, -0.1) is 0 Å². The van der Waals surface area contributed by atoms with Crippen molar-refractivity contribution in [2.45, 2.75) is 58.5 Å². The van der Waals surface area contributed by atoms with Gasteiger partial charge in [0.25, 0.3) is 0 Å². The first-order valence-corrected chi connectivity index (χ1v) is 14.2. The van der Waals surface area contributed by atoms with E-state index in [2.05, 4.69) is 22.0 Å². The molecule has 1 aromatic carbocycles. The molecule has 0 bridgehead atoms. The number of nitrogens with zero attached hydrogens (tertiary/aromatic N) is 2. The number of carbonyl (C=O) groups excluding carboxylic acids is 2. The average molecular weight is 496 g/mol. The number of rotatable bonds is 7. The molecule has 9 heteroatoms. The summed E-state index contributed by atoms with van der Waals surface area (Å²) in [7, 11) is -3.20. The number of halogens is 1. The van der Waals surface area contributed by atoms with E-state index in [0.717, 1.165) is 49.9 Å². The first kappa shape index (κ1) is 24.5. The molecule has 3 fully saturated rings. The molecule has 1 saturated heterocycles. The van der Waals surface area contributed by atoms with Crippen LogP contribution in [-0.2, 0) is 26.0 Å². The van der Waals surface area contributed by atoms with Crippen LogP contribution in [0.5, 0.6) is 0 Å².